The van der Waals surface area contributed by atoms with Crippen molar-refractivity contribution in [3.05, 3.63) is 147 Å². The van der Waals surface area contributed by atoms with E-state index in [9.17, 15) is 0 Å². The molecule has 0 fully saturated rings. The highest BCUT2D eigenvalue weighted by Gasteiger charge is 2.42. The standard InChI is InChI=1S/C45H38/c1-7-32-41-30(18-17-29-22-31(21-26(2)40(29)41)27-13-9-8-10-14-27)23-39-42(32)34-24-37-35(25-38(34)45(39,5)6)43-33-16-12-11-15-28(33)19-20-36(43)44(37,3)4/h7-26H,1-6H3/b32-7+. The zero-order valence-electron chi connectivity index (χ0n) is 27.0. The van der Waals surface area contributed by atoms with Crippen LogP contribution in [-0.4, -0.2) is 0 Å². The molecule has 0 saturated heterocycles. The van der Waals surface area contributed by atoms with Gasteiger partial charge in [-0.1, -0.05) is 126 Å². The lowest BCUT2D eigenvalue weighted by molar-refractivity contribution is 0.652. The van der Waals surface area contributed by atoms with Crippen molar-refractivity contribution in [1.29, 1.82) is 0 Å². The molecule has 0 heterocycles. The van der Waals surface area contributed by atoms with Gasteiger partial charge >= 0.3 is 0 Å². The summed E-state index contributed by atoms with van der Waals surface area (Å²) in [6.07, 6.45) is 7.24. The molecule has 45 heavy (non-hydrogen) atoms. The number of hydrogen-bond donors (Lipinski definition) is 0. The van der Waals surface area contributed by atoms with Crippen LogP contribution in [0.3, 0.4) is 0 Å². The van der Waals surface area contributed by atoms with E-state index >= 15 is 0 Å². The normalized spacial score (nSPS) is 18.6. The van der Waals surface area contributed by atoms with Crippen LogP contribution in [0.15, 0.2) is 103 Å². The average molecular weight is 579 g/mol. The first-order chi connectivity index (χ1) is 21.7. The molecule has 0 spiro atoms. The van der Waals surface area contributed by atoms with Crippen LogP contribution >= 0.6 is 0 Å². The molecule has 0 saturated carbocycles. The maximum Gasteiger partial charge on any atom is 0.0159 e. The molecule has 0 aromatic heterocycles. The van der Waals surface area contributed by atoms with Crippen molar-refractivity contribution in [2.45, 2.75) is 58.3 Å². The summed E-state index contributed by atoms with van der Waals surface area (Å²) in [5.41, 5.74) is 15.4. The Morgan fingerprint density at radius 1 is 0.622 bits per heavy atom. The quantitative estimate of drug-likeness (QED) is 0.182. The van der Waals surface area contributed by atoms with Crippen LogP contribution in [0.2, 0.25) is 0 Å². The molecule has 0 N–H and O–H groups in total. The lowest BCUT2D eigenvalue weighted by Crippen LogP contribution is -2.22. The van der Waals surface area contributed by atoms with Crippen LogP contribution < -0.4 is 10.4 Å². The van der Waals surface area contributed by atoms with E-state index in [-0.39, 0.29) is 10.8 Å². The predicted octanol–water partition coefficient (Wildman–Crippen LogP) is 10.4. The van der Waals surface area contributed by atoms with Crippen molar-refractivity contribution in [3.8, 4) is 22.3 Å². The summed E-state index contributed by atoms with van der Waals surface area (Å²) >= 11 is 0. The van der Waals surface area contributed by atoms with Gasteiger partial charge in [-0.3, -0.25) is 0 Å². The Morgan fingerprint density at radius 3 is 2.04 bits per heavy atom. The van der Waals surface area contributed by atoms with Gasteiger partial charge in [-0.2, -0.15) is 0 Å². The molecule has 0 amide bonds. The Kier molecular flexibility index (Phi) is 5.31. The van der Waals surface area contributed by atoms with Crippen molar-refractivity contribution >= 4 is 39.3 Å². The number of benzene rings is 6. The molecule has 0 nitrogen and oxygen atoms in total. The Hall–Kier alpha value is -4.68. The molecule has 6 aromatic rings. The fraction of sp³-hybridized carbons (Fsp3) is 0.200. The summed E-state index contributed by atoms with van der Waals surface area (Å²) in [5, 5.41) is 8.18. The number of rotatable bonds is 1. The van der Waals surface area contributed by atoms with Gasteiger partial charge in [0, 0.05) is 16.7 Å². The maximum absolute atomic E-state index is 2.57. The predicted molar refractivity (Wildman–Crippen MR) is 193 cm³/mol. The first-order valence-electron chi connectivity index (χ1n) is 16.5. The number of hydrogen-bond acceptors (Lipinski definition) is 0. The zero-order valence-corrected chi connectivity index (χ0v) is 27.0. The van der Waals surface area contributed by atoms with Gasteiger partial charge in [-0.25, -0.2) is 0 Å². The average Bonchev–Trinajstić information content (AvgIpc) is 3.42. The minimum absolute atomic E-state index is 0.0646. The molecule has 9 rings (SSSR count). The topological polar surface area (TPSA) is 0 Å². The lowest BCUT2D eigenvalue weighted by atomic mass is 9.79. The highest BCUT2D eigenvalue weighted by atomic mass is 14.5. The van der Waals surface area contributed by atoms with E-state index in [0.29, 0.717) is 5.92 Å². The van der Waals surface area contributed by atoms with Crippen molar-refractivity contribution < 1.29 is 0 Å². The van der Waals surface area contributed by atoms with Gasteiger partial charge in [0.25, 0.3) is 0 Å². The SMILES string of the molecule is C/C=c1/c2c(cc3ccc4c(c13)C(C)C=C(c1ccccc1)C=4)C(C)(C)c1cc3c(cc1-2)C(C)(C)c1ccc2ccccc2c1-3. The van der Waals surface area contributed by atoms with Gasteiger partial charge in [0.15, 0.2) is 0 Å². The van der Waals surface area contributed by atoms with E-state index in [1.807, 2.05) is 0 Å². The van der Waals surface area contributed by atoms with E-state index in [1.54, 1.807) is 0 Å². The molecular formula is C45H38. The Balaban J connectivity index is 1.34. The summed E-state index contributed by atoms with van der Waals surface area (Å²) in [4.78, 5) is 0. The summed E-state index contributed by atoms with van der Waals surface area (Å²) in [6, 6.07) is 36.8. The second-order valence-corrected chi connectivity index (χ2v) is 14.5. The minimum Gasteiger partial charge on any atom is -0.0791 e. The van der Waals surface area contributed by atoms with Gasteiger partial charge in [-0.15, -0.1) is 0 Å². The monoisotopic (exact) mass is 578 g/mol. The fourth-order valence-corrected chi connectivity index (χ4v) is 9.06. The first-order valence-corrected chi connectivity index (χ1v) is 16.5. The van der Waals surface area contributed by atoms with Crippen LogP contribution in [-0.2, 0) is 10.8 Å². The van der Waals surface area contributed by atoms with Gasteiger partial charge < -0.3 is 0 Å². The van der Waals surface area contributed by atoms with E-state index in [1.165, 1.54) is 93.2 Å². The third-order valence-corrected chi connectivity index (χ3v) is 11.3. The second kappa shape index (κ2) is 8.95. The van der Waals surface area contributed by atoms with Crippen molar-refractivity contribution in [2.24, 2.45) is 0 Å². The first kappa shape index (κ1) is 26.7. The molecule has 3 aliphatic carbocycles. The molecule has 1 unspecified atom stereocenters. The van der Waals surface area contributed by atoms with Crippen molar-refractivity contribution in [3.63, 3.8) is 0 Å². The molecule has 0 bridgehead atoms. The van der Waals surface area contributed by atoms with Crippen LogP contribution in [0.25, 0.3) is 61.5 Å². The highest BCUT2D eigenvalue weighted by molar-refractivity contribution is 6.05. The molecule has 1 atom stereocenters. The molecule has 0 heteroatoms. The molecule has 218 valence electrons. The van der Waals surface area contributed by atoms with E-state index in [4.69, 9.17) is 0 Å². The summed E-state index contributed by atoms with van der Waals surface area (Å²) in [5.74, 6) is 0.316. The third kappa shape index (κ3) is 3.43. The summed E-state index contributed by atoms with van der Waals surface area (Å²) in [7, 11) is 0. The van der Waals surface area contributed by atoms with E-state index in [0.717, 1.165) is 0 Å². The highest BCUT2D eigenvalue weighted by Crippen LogP contribution is 2.57. The fourth-order valence-electron chi connectivity index (χ4n) is 9.06. The molecule has 6 aromatic carbocycles. The van der Waals surface area contributed by atoms with Gasteiger partial charge in [-0.05, 0) is 124 Å². The lowest BCUT2D eigenvalue weighted by Gasteiger charge is -2.24. The van der Waals surface area contributed by atoms with Crippen molar-refractivity contribution in [1.82, 2.24) is 0 Å². The summed E-state index contributed by atoms with van der Waals surface area (Å²) in [6.45, 7) is 14.3. The minimum atomic E-state index is -0.100. The van der Waals surface area contributed by atoms with Gasteiger partial charge in [0.2, 0.25) is 0 Å². The van der Waals surface area contributed by atoms with Gasteiger partial charge in [0.1, 0.15) is 0 Å². The van der Waals surface area contributed by atoms with Crippen molar-refractivity contribution in [2.75, 3.05) is 0 Å². The Bertz CT molecular complexity index is 2430. The van der Waals surface area contributed by atoms with Gasteiger partial charge in [0.05, 0.1) is 0 Å². The number of fused-ring (bicyclic) bond motifs is 11. The number of allylic oxidation sites excluding steroid dienone is 2. The largest absolute Gasteiger partial charge is 0.0791 e. The maximum atomic E-state index is 2.57. The van der Waals surface area contributed by atoms with Crippen LogP contribution in [0.5, 0.6) is 0 Å². The van der Waals surface area contributed by atoms with E-state index in [2.05, 4.69) is 157 Å². The molecule has 0 aliphatic heterocycles. The molecule has 0 radical (unpaired) electrons. The molecule has 3 aliphatic rings. The van der Waals surface area contributed by atoms with Crippen LogP contribution in [0.4, 0.5) is 0 Å². The Labute approximate surface area is 266 Å². The second-order valence-electron chi connectivity index (χ2n) is 14.5. The smallest absolute Gasteiger partial charge is 0.0159 e. The van der Waals surface area contributed by atoms with Crippen LogP contribution in [0.1, 0.15) is 80.8 Å². The van der Waals surface area contributed by atoms with E-state index < -0.39 is 0 Å². The molecular weight excluding hydrogens is 540 g/mol. The Morgan fingerprint density at radius 2 is 1.29 bits per heavy atom. The van der Waals surface area contributed by atoms with Crippen LogP contribution in [0, 0.1) is 0 Å². The third-order valence-electron chi connectivity index (χ3n) is 11.3. The summed E-state index contributed by atoms with van der Waals surface area (Å²) < 4.78 is 0. The zero-order chi connectivity index (χ0) is 30.8.